The molecule has 23 heavy (non-hydrogen) atoms. The van der Waals surface area contributed by atoms with Crippen molar-refractivity contribution < 1.29 is 4.79 Å². The van der Waals surface area contributed by atoms with Gasteiger partial charge in [0, 0.05) is 18.8 Å². The van der Waals surface area contributed by atoms with Crippen molar-refractivity contribution in [3.63, 3.8) is 0 Å². The zero-order chi connectivity index (χ0) is 16.2. The van der Waals surface area contributed by atoms with E-state index < -0.39 is 0 Å². The molecular formula is C18H22N4O. The number of carbonyl (C=O) groups excluding carboxylic acids is 1. The number of nitrogens with one attached hydrogen (secondary N) is 1. The van der Waals surface area contributed by atoms with Crippen LogP contribution in [0.5, 0.6) is 0 Å². The molecule has 1 saturated heterocycles. The van der Waals surface area contributed by atoms with E-state index in [4.69, 9.17) is 0 Å². The van der Waals surface area contributed by atoms with Crippen molar-refractivity contribution in [2.24, 2.45) is 5.92 Å². The van der Waals surface area contributed by atoms with Gasteiger partial charge in [0.1, 0.15) is 0 Å². The molecule has 2 aromatic rings. The lowest BCUT2D eigenvalue weighted by atomic mass is 9.97. The first-order chi connectivity index (χ1) is 11.1. The number of benzene rings is 1. The monoisotopic (exact) mass is 310 g/mol. The van der Waals surface area contributed by atoms with Crippen LogP contribution in [0.4, 0.5) is 11.5 Å². The summed E-state index contributed by atoms with van der Waals surface area (Å²) in [5, 5.41) is 11.4. The van der Waals surface area contributed by atoms with E-state index in [0.717, 1.165) is 42.1 Å². The van der Waals surface area contributed by atoms with E-state index in [9.17, 15) is 4.79 Å². The molecule has 0 spiro atoms. The zero-order valence-corrected chi connectivity index (χ0v) is 13.6. The maximum absolute atomic E-state index is 12.6. The summed E-state index contributed by atoms with van der Waals surface area (Å²) in [5.41, 5.74) is 2.88. The molecule has 0 radical (unpaired) electrons. The molecule has 5 heteroatoms. The summed E-state index contributed by atoms with van der Waals surface area (Å²) in [7, 11) is 0. The molecule has 1 atom stereocenters. The standard InChI is InChI=1S/C18H22N4O/c1-13-6-3-4-8-16(13)19-18(23)15-7-5-11-22(12-15)17-10-9-14(2)20-21-17/h3-4,6,8-10,15H,5,7,11-12H2,1-2H3,(H,19,23). The van der Waals surface area contributed by atoms with Crippen LogP contribution in [0.15, 0.2) is 36.4 Å². The summed E-state index contributed by atoms with van der Waals surface area (Å²) >= 11 is 0. The topological polar surface area (TPSA) is 58.1 Å². The fourth-order valence-electron chi connectivity index (χ4n) is 2.91. The molecule has 1 fully saturated rings. The maximum atomic E-state index is 12.6. The van der Waals surface area contributed by atoms with Crippen LogP contribution in [0.2, 0.25) is 0 Å². The number of aromatic nitrogens is 2. The molecule has 1 N–H and O–H groups in total. The lowest BCUT2D eigenvalue weighted by molar-refractivity contribution is -0.120. The fourth-order valence-corrected chi connectivity index (χ4v) is 2.91. The number of amides is 1. The molecule has 1 aliphatic rings. The lowest BCUT2D eigenvalue weighted by Crippen LogP contribution is -2.41. The molecular weight excluding hydrogens is 288 g/mol. The largest absolute Gasteiger partial charge is 0.354 e. The van der Waals surface area contributed by atoms with Crippen LogP contribution in [0, 0.1) is 19.8 Å². The van der Waals surface area contributed by atoms with Gasteiger partial charge in [-0.15, -0.1) is 5.10 Å². The molecule has 0 bridgehead atoms. The molecule has 1 aliphatic heterocycles. The predicted octanol–water partition coefficient (Wildman–Crippen LogP) is 2.95. The Hall–Kier alpha value is -2.43. The summed E-state index contributed by atoms with van der Waals surface area (Å²) in [6.45, 7) is 5.54. The minimum atomic E-state index is -0.0218. The maximum Gasteiger partial charge on any atom is 0.229 e. The summed E-state index contributed by atoms with van der Waals surface area (Å²) in [5.74, 6) is 0.916. The van der Waals surface area contributed by atoms with Crippen LogP contribution in [-0.2, 0) is 4.79 Å². The first-order valence-corrected chi connectivity index (χ1v) is 8.05. The van der Waals surface area contributed by atoms with E-state index in [2.05, 4.69) is 20.4 Å². The SMILES string of the molecule is Cc1ccc(N2CCCC(C(=O)Nc3ccccc3C)C2)nn1. The number of anilines is 2. The lowest BCUT2D eigenvalue weighted by Gasteiger charge is -2.32. The summed E-state index contributed by atoms with van der Waals surface area (Å²) in [6, 6.07) is 11.8. The molecule has 5 nitrogen and oxygen atoms in total. The van der Waals surface area contributed by atoms with Gasteiger partial charge in [-0.3, -0.25) is 4.79 Å². The molecule has 120 valence electrons. The molecule has 0 aliphatic carbocycles. The number of hydrogen-bond acceptors (Lipinski definition) is 4. The van der Waals surface area contributed by atoms with Gasteiger partial charge < -0.3 is 10.2 Å². The van der Waals surface area contributed by atoms with Gasteiger partial charge in [-0.1, -0.05) is 18.2 Å². The zero-order valence-electron chi connectivity index (χ0n) is 13.6. The van der Waals surface area contributed by atoms with Crippen LogP contribution < -0.4 is 10.2 Å². The second kappa shape index (κ2) is 6.77. The Balaban J connectivity index is 1.67. The Labute approximate surface area is 136 Å². The van der Waals surface area contributed by atoms with Crippen molar-refractivity contribution in [3.8, 4) is 0 Å². The van der Waals surface area contributed by atoms with Gasteiger partial charge in [0.25, 0.3) is 0 Å². The number of aryl methyl sites for hydroxylation is 2. The molecule has 1 amide bonds. The fraction of sp³-hybridized carbons (Fsp3) is 0.389. The molecule has 0 saturated carbocycles. The normalized spacial score (nSPS) is 17.8. The third-order valence-corrected chi connectivity index (χ3v) is 4.30. The van der Waals surface area contributed by atoms with Gasteiger partial charge in [-0.25, -0.2) is 0 Å². The van der Waals surface area contributed by atoms with Crippen molar-refractivity contribution in [1.82, 2.24) is 10.2 Å². The van der Waals surface area contributed by atoms with Crippen molar-refractivity contribution in [1.29, 1.82) is 0 Å². The Morgan fingerprint density at radius 1 is 1.17 bits per heavy atom. The van der Waals surface area contributed by atoms with E-state index in [1.165, 1.54) is 0 Å². The van der Waals surface area contributed by atoms with E-state index >= 15 is 0 Å². The second-order valence-corrected chi connectivity index (χ2v) is 6.12. The highest BCUT2D eigenvalue weighted by atomic mass is 16.1. The predicted molar refractivity (Wildman–Crippen MR) is 91.5 cm³/mol. The van der Waals surface area contributed by atoms with Gasteiger partial charge in [-0.05, 0) is 50.5 Å². The number of carbonyl (C=O) groups is 1. The minimum absolute atomic E-state index is 0.0218. The van der Waals surface area contributed by atoms with E-state index in [1.807, 2.05) is 50.2 Å². The number of rotatable bonds is 3. The van der Waals surface area contributed by atoms with Crippen LogP contribution >= 0.6 is 0 Å². The summed E-state index contributed by atoms with van der Waals surface area (Å²) in [4.78, 5) is 14.7. The number of para-hydroxylation sites is 1. The van der Waals surface area contributed by atoms with Crippen molar-refractivity contribution in [2.45, 2.75) is 26.7 Å². The smallest absolute Gasteiger partial charge is 0.229 e. The average Bonchev–Trinajstić information content (AvgIpc) is 2.58. The van der Waals surface area contributed by atoms with Crippen LogP contribution in [0.1, 0.15) is 24.1 Å². The molecule has 1 aromatic heterocycles. The van der Waals surface area contributed by atoms with Crippen LogP contribution in [-0.4, -0.2) is 29.2 Å². The van der Waals surface area contributed by atoms with Crippen molar-refractivity contribution in [2.75, 3.05) is 23.3 Å². The van der Waals surface area contributed by atoms with Gasteiger partial charge in [0.15, 0.2) is 5.82 Å². The Morgan fingerprint density at radius 3 is 2.74 bits per heavy atom. The quantitative estimate of drug-likeness (QED) is 0.947. The highest BCUT2D eigenvalue weighted by molar-refractivity contribution is 5.93. The highest BCUT2D eigenvalue weighted by Gasteiger charge is 2.26. The Kier molecular flexibility index (Phi) is 4.55. The van der Waals surface area contributed by atoms with E-state index in [0.29, 0.717) is 6.54 Å². The van der Waals surface area contributed by atoms with Gasteiger partial charge in [0.2, 0.25) is 5.91 Å². The third-order valence-electron chi connectivity index (χ3n) is 4.30. The van der Waals surface area contributed by atoms with Crippen molar-refractivity contribution >= 4 is 17.4 Å². The summed E-state index contributed by atoms with van der Waals surface area (Å²) < 4.78 is 0. The molecule has 1 unspecified atom stereocenters. The second-order valence-electron chi connectivity index (χ2n) is 6.12. The molecule has 2 heterocycles. The van der Waals surface area contributed by atoms with Gasteiger partial charge in [0.05, 0.1) is 11.6 Å². The first-order valence-electron chi connectivity index (χ1n) is 8.05. The number of nitrogens with zero attached hydrogens (tertiary/aromatic N) is 3. The first kappa shape index (κ1) is 15.5. The van der Waals surface area contributed by atoms with Crippen LogP contribution in [0.25, 0.3) is 0 Å². The van der Waals surface area contributed by atoms with Gasteiger partial charge >= 0.3 is 0 Å². The van der Waals surface area contributed by atoms with Gasteiger partial charge in [-0.2, -0.15) is 5.10 Å². The number of piperidine rings is 1. The average molecular weight is 310 g/mol. The molecule has 3 rings (SSSR count). The number of hydrogen-bond donors (Lipinski definition) is 1. The Bertz CT molecular complexity index is 684. The van der Waals surface area contributed by atoms with Crippen molar-refractivity contribution in [3.05, 3.63) is 47.7 Å². The van der Waals surface area contributed by atoms with E-state index in [-0.39, 0.29) is 11.8 Å². The highest BCUT2D eigenvalue weighted by Crippen LogP contribution is 2.23. The molecule has 1 aromatic carbocycles. The third kappa shape index (κ3) is 3.67. The minimum Gasteiger partial charge on any atom is -0.354 e. The summed E-state index contributed by atoms with van der Waals surface area (Å²) in [6.07, 6.45) is 1.90. The van der Waals surface area contributed by atoms with E-state index in [1.54, 1.807) is 0 Å². The Morgan fingerprint density at radius 2 is 2.00 bits per heavy atom. The van der Waals surface area contributed by atoms with Crippen LogP contribution in [0.3, 0.4) is 0 Å².